The molecule has 4 nitrogen and oxygen atoms in total. The molecule has 0 atom stereocenters. The van der Waals surface area contributed by atoms with Gasteiger partial charge in [0, 0.05) is 13.3 Å². The smallest absolute Gasteiger partial charge is 0.267 e. The normalized spacial score (nSPS) is 10.4. The number of ether oxygens (including phenoxy) is 1. The molecule has 1 aromatic heterocycles. The molecule has 5 heteroatoms. The summed E-state index contributed by atoms with van der Waals surface area (Å²) in [7, 11) is 1.61. The SMILES string of the molecule is COCCn1c(C)ncc(I)c1=O. The second kappa shape index (κ2) is 4.71. The number of hydrogen-bond acceptors (Lipinski definition) is 3. The number of aromatic nitrogens is 2. The average molecular weight is 294 g/mol. The molecule has 0 saturated carbocycles. The number of nitrogens with zero attached hydrogens (tertiary/aromatic N) is 2. The van der Waals surface area contributed by atoms with Crippen LogP contribution in [0.15, 0.2) is 11.0 Å². The Morgan fingerprint density at radius 2 is 2.38 bits per heavy atom. The first-order valence-corrected chi connectivity index (χ1v) is 4.95. The van der Waals surface area contributed by atoms with Gasteiger partial charge in [-0.25, -0.2) is 4.98 Å². The van der Waals surface area contributed by atoms with Crippen LogP contribution >= 0.6 is 22.6 Å². The summed E-state index contributed by atoms with van der Waals surface area (Å²) in [5.41, 5.74) is 0.00477. The van der Waals surface area contributed by atoms with Crippen LogP contribution in [0.2, 0.25) is 0 Å². The fourth-order valence-corrected chi connectivity index (χ4v) is 1.43. The van der Waals surface area contributed by atoms with Crippen molar-refractivity contribution in [3.63, 3.8) is 0 Å². The lowest BCUT2D eigenvalue weighted by atomic mass is 10.5. The van der Waals surface area contributed by atoms with Crippen molar-refractivity contribution in [2.45, 2.75) is 13.5 Å². The van der Waals surface area contributed by atoms with E-state index in [-0.39, 0.29) is 5.56 Å². The molecule has 0 aliphatic heterocycles. The van der Waals surface area contributed by atoms with Gasteiger partial charge in [0.1, 0.15) is 5.82 Å². The van der Waals surface area contributed by atoms with Crippen LogP contribution in [0.5, 0.6) is 0 Å². The van der Waals surface area contributed by atoms with E-state index in [9.17, 15) is 4.79 Å². The molecular formula is C8H11IN2O2. The van der Waals surface area contributed by atoms with Gasteiger partial charge in [-0.05, 0) is 29.5 Å². The fraction of sp³-hybridized carbons (Fsp3) is 0.500. The minimum absolute atomic E-state index is 0.00477. The Morgan fingerprint density at radius 3 is 3.00 bits per heavy atom. The highest BCUT2D eigenvalue weighted by molar-refractivity contribution is 14.1. The van der Waals surface area contributed by atoms with E-state index in [4.69, 9.17) is 4.74 Å². The summed E-state index contributed by atoms with van der Waals surface area (Å²) in [6.45, 7) is 2.90. The van der Waals surface area contributed by atoms with Crippen molar-refractivity contribution in [2.24, 2.45) is 0 Å². The summed E-state index contributed by atoms with van der Waals surface area (Å²) >= 11 is 1.98. The molecule has 72 valence electrons. The third-order valence-corrected chi connectivity index (χ3v) is 2.46. The van der Waals surface area contributed by atoms with Gasteiger partial charge < -0.3 is 4.74 Å². The van der Waals surface area contributed by atoms with Gasteiger partial charge in [0.25, 0.3) is 5.56 Å². The molecular weight excluding hydrogens is 283 g/mol. The fourth-order valence-electron chi connectivity index (χ4n) is 0.997. The van der Waals surface area contributed by atoms with Crippen LogP contribution in [0.1, 0.15) is 5.82 Å². The zero-order valence-electron chi connectivity index (χ0n) is 7.58. The molecule has 1 heterocycles. The van der Waals surface area contributed by atoms with Crippen molar-refractivity contribution in [1.82, 2.24) is 9.55 Å². The molecule has 1 rings (SSSR count). The first-order chi connectivity index (χ1) is 6.16. The summed E-state index contributed by atoms with van der Waals surface area (Å²) in [5, 5.41) is 0. The lowest BCUT2D eigenvalue weighted by Crippen LogP contribution is -2.27. The Hall–Kier alpha value is -0.430. The van der Waals surface area contributed by atoms with Crippen LogP contribution in [0, 0.1) is 10.5 Å². The zero-order chi connectivity index (χ0) is 9.84. The molecule has 0 amide bonds. The molecule has 0 aliphatic carbocycles. The highest BCUT2D eigenvalue weighted by atomic mass is 127. The topological polar surface area (TPSA) is 44.1 Å². The van der Waals surface area contributed by atoms with E-state index in [2.05, 4.69) is 4.98 Å². The largest absolute Gasteiger partial charge is 0.383 e. The van der Waals surface area contributed by atoms with E-state index < -0.39 is 0 Å². The molecule has 0 bridgehead atoms. The Balaban J connectivity index is 3.03. The maximum atomic E-state index is 11.6. The lowest BCUT2D eigenvalue weighted by Gasteiger charge is -2.07. The molecule has 0 N–H and O–H groups in total. The average Bonchev–Trinajstić information content (AvgIpc) is 2.12. The summed E-state index contributed by atoms with van der Waals surface area (Å²) in [4.78, 5) is 15.6. The third kappa shape index (κ3) is 2.50. The van der Waals surface area contributed by atoms with Crippen molar-refractivity contribution in [3.05, 3.63) is 25.9 Å². The van der Waals surface area contributed by atoms with E-state index in [1.807, 2.05) is 29.5 Å². The summed E-state index contributed by atoms with van der Waals surface area (Å²) in [6, 6.07) is 0. The molecule has 0 fully saturated rings. The van der Waals surface area contributed by atoms with Gasteiger partial charge in [-0.2, -0.15) is 0 Å². The second-order valence-electron chi connectivity index (χ2n) is 2.60. The van der Waals surface area contributed by atoms with Crippen LogP contribution in [0.3, 0.4) is 0 Å². The Kier molecular flexibility index (Phi) is 3.86. The monoisotopic (exact) mass is 294 g/mol. The van der Waals surface area contributed by atoms with Crippen LogP contribution in [-0.4, -0.2) is 23.3 Å². The highest BCUT2D eigenvalue weighted by Crippen LogP contribution is 1.97. The first-order valence-electron chi connectivity index (χ1n) is 3.87. The van der Waals surface area contributed by atoms with E-state index in [1.54, 1.807) is 17.9 Å². The molecule has 13 heavy (non-hydrogen) atoms. The van der Waals surface area contributed by atoms with Crippen LogP contribution < -0.4 is 5.56 Å². The Morgan fingerprint density at radius 1 is 1.69 bits per heavy atom. The van der Waals surface area contributed by atoms with E-state index >= 15 is 0 Å². The van der Waals surface area contributed by atoms with Crippen molar-refractivity contribution >= 4 is 22.6 Å². The highest BCUT2D eigenvalue weighted by Gasteiger charge is 2.03. The van der Waals surface area contributed by atoms with Gasteiger partial charge >= 0.3 is 0 Å². The zero-order valence-corrected chi connectivity index (χ0v) is 9.74. The molecule has 0 spiro atoms. The van der Waals surface area contributed by atoms with E-state index in [0.717, 1.165) is 5.82 Å². The number of aryl methyl sites for hydroxylation is 1. The summed E-state index contributed by atoms with van der Waals surface area (Å²) in [5.74, 6) is 0.725. The quantitative estimate of drug-likeness (QED) is 0.775. The maximum Gasteiger partial charge on any atom is 0.267 e. The predicted molar refractivity (Wildman–Crippen MR) is 57.8 cm³/mol. The van der Waals surface area contributed by atoms with Crippen molar-refractivity contribution in [3.8, 4) is 0 Å². The van der Waals surface area contributed by atoms with E-state index in [0.29, 0.717) is 16.7 Å². The third-order valence-electron chi connectivity index (χ3n) is 1.72. The minimum Gasteiger partial charge on any atom is -0.383 e. The van der Waals surface area contributed by atoms with Gasteiger partial charge in [-0.15, -0.1) is 0 Å². The number of rotatable bonds is 3. The molecule has 1 aromatic rings. The number of hydrogen-bond donors (Lipinski definition) is 0. The Labute approximate surface area is 90.1 Å². The van der Waals surface area contributed by atoms with Gasteiger partial charge in [0.05, 0.1) is 16.7 Å². The van der Waals surface area contributed by atoms with Gasteiger partial charge in [0.2, 0.25) is 0 Å². The second-order valence-corrected chi connectivity index (χ2v) is 3.77. The summed E-state index contributed by atoms with van der Waals surface area (Å²) < 4.78 is 7.16. The molecule has 0 radical (unpaired) electrons. The lowest BCUT2D eigenvalue weighted by molar-refractivity contribution is 0.185. The summed E-state index contributed by atoms with van der Waals surface area (Å²) in [6.07, 6.45) is 1.58. The van der Waals surface area contributed by atoms with Gasteiger partial charge in [0.15, 0.2) is 0 Å². The van der Waals surface area contributed by atoms with Crippen molar-refractivity contribution in [2.75, 3.05) is 13.7 Å². The van der Waals surface area contributed by atoms with E-state index in [1.165, 1.54) is 0 Å². The molecule has 0 aromatic carbocycles. The molecule has 0 unspecified atom stereocenters. The molecule has 0 saturated heterocycles. The first kappa shape index (κ1) is 10.6. The van der Waals surface area contributed by atoms with Crippen LogP contribution in [-0.2, 0) is 11.3 Å². The van der Waals surface area contributed by atoms with Crippen LogP contribution in [0.4, 0.5) is 0 Å². The number of methoxy groups -OCH3 is 1. The standard InChI is InChI=1S/C8H11IN2O2/c1-6-10-5-7(9)8(12)11(6)3-4-13-2/h5H,3-4H2,1-2H3. The maximum absolute atomic E-state index is 11.6. The van der Waals surface area contributed by atoms with Crippen molar-refractivity contribution in [1.29, 1.82) is 0 Å². The minimum atomic E-state index is 0.00477. The van der Waals surface area contributed by atoms with Gasteiger partial charge in [-0.3, -0.25) is 9.36 Å². The van der Waals surface area contributed by atoms with Crippen LogP contribution in [0.25, 0.3) is 0 Å². The van der Waals surface area contributed by atoms with Gasteiger partial charge in [-0.1, -0.05) is 0 Å². The molecule has 0 aliphatic rings. The number of halogens is 1. The van der Waals surface area contributed by atoms with Crippen molar-refractivity contribution < 1.29 is 4.74 Å². The predicted octanol–water partition coefficient (Wildman–Crippen LogP) is 0.803. The Bertz CT molecular complexity index is 348.